The lowest BCUT2D eigenvalue weighted by molar-refractivity contribution is -0.142. The van der Waals surface area contributed by atoms with Crippen LogP contribution < -0.4 is 5.32 Å². The van der Waals surface area contributed by atoms with Crippen LogP contribution in [0.1, 0.15) is 42.3 Å². The summed E-state index contributed by atoms with van der Waals surface area (Å²) in [6, 6.07) is 13.0. The molecular weight excluding hydrogens is 330 g/mol. The van der Waals surface area contributed by atoms with Gasteiger partial charge in [-0.2, -0.15) is 0 Å². The molecule has 0 fully saturated rings. The van der Waals surface area contributed by atoms with Crippen LogP contribution in [0.15, 0.2) is 48.5 Å². The number of hydrogen-bond donors (Lipinski definition) is 2. The van der Waals surface area contributed by atoms with Crippen molar-refractivity contribution < 1.29 is 19.4 Å². The summed E-state index contributed by atoms with van der Waals surface area (Å²) in [6.45, 7) is 6.31. The molecule has 0 aromatic heterocycles. The quantitative estimate of drug-likeness (QED) is 0.808. The highest BCUT2D eigenvalue weighted by molar-refractivity contribution is 5.96. The molecule has 0 spiro atoms. The number of esters is 1. The van der Waals surface area contributed by atoms with Gasteiger partial charge in [-0.3, -0.25) is 4.79 Å². The number of ether oxygens (including phenoxy) is 1. The van der Waals surface area contributed by atoms with Crippen molar-refractivity contribution in [3.05, 3.63) is 65.2 Å². The maximum Gasteiger partial charge on any atom is 0.328 e. The van der Waals surface area contributed by atoms with Crippen LogP contribution in [0.2, 0.25) is 0 Å². The van der Waals surface area contributed by atoms with Crippen molar-refractivity contribution in [2.75, 3.05) is 7.11 Å². The second kappa shape index (κ2) is 8.04. The van der Waals surface area contributed by atoms with Crippen molar-refractivity contribution >= 4 is 11.9 Å². The summed E-state index contributed by atoms with van der Waals surface area (Å²) in [4.78, 5) is 24.6. The molecule has 26 heavy (non-hydrogen) atoms. The Morgan fingerprint density at radius 3 is 2.12 bits per heavy atom. The van der Waals surface area contributed by atoms with E-state index in [0.29, 0.717) is 5.56 Å². The highest BCUT2D eigenvalue weighted by Crippen LogP contribution is 2.22. The van der Waals surface area contributed by atoms with Crippen LogP contribution in [0.5, 0.6) is 5.75 Å². The number of phenols is 1. The van der Waals surface area contributed by atoms with Crippen molar-refractivity contribution in [2.45, 2.75) is 38.6 Å². The molecule has 0 aliphatic rings. The van der Waals surface area contributed by atoms with E-state index >= 15 is 0 Å². The zero-order valence-corrected chi connectivity index (χ0v) is 15.6. The van der Waals surface area contributed by atoms with Crippen molar-refractivity contribution in [1.82, 2.24) is 5.32 Å². The summed E-state index contributed by atoms with van der Waals surface area (Å²) in [5, 5.41) is 12.1. The van der Waals surface area contributed by atoms with Gasteiger partial charge in [-0.1, -0.05) is 45.0 Å². The van der Waals surface area contributed by atoms with Crippen LogP contribution in [-0.2, 0) is 21.4 Å². The van der Waals surface area contributed by atoms with Gasteiger partial charge >= 0.3 is 5.97 Å². The largest absolute Gasteiger partial charge is 0.508 e. The van der Waals surface area contributed by atoms with Gasteiger partial charge in [0, 0.05) is 12.0 Å². The van der Waals surface area contributed by atoms with Gasteiger partial charge in [0.05, 0.1) is 7.11 Å². The topological polar surface area (TPSA) is 75.6 Å². The number of amides is 1. The molecule has 1 amide bonds. The number of hydrogen-bond acceptors (Lipinski definition) is 4. The fourth-order valence-corrected chi connectivity index (χ4v) is 2.57. The lowest BCUT2D eigenvalue weighted by Crippen LogP contribution is -2.43. The Balaban J connectivity index is 2.13. The van der Waals surface area contributed by atoms with Crippen LogP contribution in [0.4, 0.5) is 0 Å². The van der Waals surface area contributed by atoms with Crippen LogP contribution in [0.3, 0.4) is 0 Å². The molecule has 5 heteroatoms. The predicted molar refractivity (Wildman–Crippen MR) is 100 cm³/mol. The third kappa shape index (κ3) is 5.09. The maximum atomic E-state index is 12.5. The minimum atomic E-state index is -0.806. The minimum Gasteiger partial charge on any atom is -0.508 e. The Bertz CT molecular complexity index is 758. The van der Waals surface area contributed by atoms with Crippen molar-refractivity contribution in [2.24, 2.45) is 0 Å². The van der Waals surface area contributed by atoms with E-state index in [0.717, 1.165) is 11.1 Å². The van der Waals surface area contributed by atoms with Gasteiger partial charge in [0.15, 0.2) is 0 Å². The molecule has 1 atom stereocenters. The fourth-order valence-electron chi connectivity index (χ4n) is 2.57. The lowest BCUT2D eigenvalue weighted by Gasteiger charge is -2.20. The van der Waals surface area contributed by atoms with E-state index in [1.807, 2.05) is 12.1 Å². The molecule has 2 aromatic carbocycles. The average molecular weight is 355 g/mol. The zero-order valence-electron chi connectivity index (χ0n) is 15.6. The van der Waals surface area contributed by atoms with Gasteiger partial charge in [-0.25, -0.2) is 4.79 Å². The second-order valence-corrected chi connectivity index (χ2v) is 7.25. The SMILES string of the molecule is COC(=O)[C@H](Cc1ccc(O)cc1)NC(=O)c1ccc(C(C)(C)C)cc1. The van der Waals surface area contributed by atoms with E-state index < -0.39 is 12.0 Å². The molecule has 5 nitrogen and oxygen atoms in total. The standard InChI is InChI=1S/C21H25NO4/c1-21(2,3)16-9-7-15(8-10-16)19(24)22-18(20(25)26-4)13-14-5-11-17(23)12-6-14/h5-12,18,23H,13H2,1-4H3,(H,22,24)/t18-/m0/s1. The lowest BCUT2D eigenvalue weighted by atomic mass is 9.86. The van der Waals surface area contributed by atoms with E-state index in [4.69, 9.17) is 4.74 Å². The molecule has 0 aliphatic heterocycles. The third-order valence-corrected chi connectivity index (χ3v) is 4.18. The number of rotatable bonds is 5. The van der Waals surface area contributed by atoms with E-state index in [2.05, 4.69) is 26.1 Å². The normalized spacial score (nSPS) is 12.3. The van der Waals surface area contributed by atoms with Gasteiger partial charge in [-0.15, -0.1) is 0 Å². The third-order valence-electron chi connectivity index (χ3n) is 4.18. The van der Waals surface area contributed by atoms with E-state index in [1.54, 1.807) is 24.3 Å². The molecule has 0 bridgehead atoms. The Morgan fingerprint density at radius 1 is 1.04 bits per heavy atom. The van der Waals surface area contributed by atoms with Gasteiger partial charge in [0.1, 0.15) is 11.8 Å². The summed E-state index contributed by atoms with van der Waals surface area (Å²) in [7, 11) is 1.29. The summed E-state index contributed by atoms with van der Waals surface area (Å²) in [6.07, 6.45) is 0.277. The zero-order chi connectivity index (χ0) is 19.3. The molecule has 0 heterocycles. The molecule has 0 unspecified atom stereocenters. The molecule has 2 N–H and O–H groups in total. The molecule has 2 aromatic rings. The molecular formula is C21H25NO4. The molecule has 0 saturated heterocycles. The van der Waals surface area contributed by atoms with Gasteiger partial charge < -0.3 is 15.2 Å². The average Bonchev–Trinajstić information content (AvgIpc) is 2.61. The first-order valence-corrected chi connectivity index (χ1v) is 8.48. The fraction of sp³-hybridized carbons (Fsp3) is 0.333. The number of carbonyl (C=O) groups excluding carboxylic acids is 2. The summed E-state index contributed by atoms with van der Waals surface area (Å²) in [5.74, 6) is -0.705. The Kier molecular flexibility index (Phi) is 6.03. The number of benzene rings is 2. The molecule has 0 saturated carbocycles. The summed E-state index contributed by atoms with van der Waals surface area (Å²) >= 11 is 0. The first-order valence-electron chi connectivity index (χ1n) is 8.48. The van der Waals surface area contributed by atoms with Gasteiger partial charge in [-0.05, 0) is 40.8 Å². The number of phenolic OH excluding ortho intramolecular Hbond substituents is 1. The molecule has 0 radical (unpaired) electrons. The Labute approximate surface area is 154 Å². The van der Waals surface area contributed by atoms with Gasteiger partial charge in [0.25, 0.3) is 5.91 Å². The molecule has 2 rings (SSSR count). The summed E-state index contributed by atoms with van der Waals surface area (Å²) in [5.41, 5.74) is 2.42. The van der Waals surface area contributed by atoms with Crippen molar-refractivity contribution in [1.29, 1.82) is 0 Å². The van der Waals surface area contributed by atoms with E-state index in [-0.39, 0.29) is 23.5 Å². The number of methoxy groups -OCH3 is 1. The smallest absolute Gasteiger partial charge is 0.328 e. The van der Waals surface area contributed by atoms with Gasteiger partial charge in [0.2, 0.25) is 0 Å². The van der Waals surface area contributed by atoms with Crippen LogP contribution in [0.25, 0.3) is 0 Å². The second-order valence-electron chi connectivity index (χ2n) is 7.25. The number of nitrogens with one attached hydrogen (secondary N) is 1. The minimum absolute atomic E-state index is 0.00241. The molecule has 0 aliphatic carbocycles. The predicted octanol–water partition coefficient (Wildman–Crippen LogP) is 3.20. The van der Waals surface area contributed by atoms with Crippen LogP contribution >= 0.6 is 0 Å². The Hall–Kier alpha value is -2.82. The highest BCUT2D eigenvalue weighted by atomic mass is 16.5. The Morgan fingerprint density at radius 2 is 1.62 bits per heavy atom. The number of carbonyl (C=O) groups is 2. The highest BCUT2D eigenvalue weighted by Gasteiger charge is 2.23. The van der Waals surface area contributed by atoms with Crippen molar-refractivity contribution in [3.63, 3.8) is 0 Å². The monoisotopic (exact) mass is 355 g/mol. The van der Waals surface area contributed by atoms with E-state index in [1.165, 1.54) is 19.2 Å². The van der Waals surface area contributed by atoms with Crippen molar-refractivity contribution in [3.8, 4) is 5.75 Å². The maximum absolute atomic E-state index is 12.5. The first kappa shape index (κ1) is 19.5. The summed E-state index contributed by atoms with van der Waals surface area (Å²) < 4.78 is 4.81. The van der Waals surface area contributed by atoms with E-state index in [9.17, 15) is 14.7 Å². The van der Waals surface area contributed by atoms with Crippen LogP contribution in [-0.4, -0.2) is 30.1 Å². The number of aromatic hydroxyl groups is 1. The first-order chi connectivity index (χ1) is 12.2. The van der Waals surface area contributed by atoms with Crippen LogP contribution in [0, 0.1) is 0 Å². The molecule has 138 valence electrons.